The molecule has 0 aromatic heterocycles. The molecule has 0 aliphatic heterocycles. The molecule has 0 heterocycles. The summed E-state index contributed by atoms with van der Waals surface area (Å²) in [6, 6.07) is 0. The second-order valence-electron chi connectivity index (χ2n) is 3.20. The maximum absolute atomic E-state index is 3.73. The molecule has 1 unspecified atom stereocenters. The second-order valence-corrected chi connectivity index (χ2v) is 3.20. The van der Waals surface area contributed by atoms with Crippen molar-refractivity contribution in [3.63, 3.8) is 0 Å². The van der Waals surface area contributed by atoms with Gasteiger partial charge >= 0.3 is 0 Å². The van der Waals surface area contributed by atoms with Crippen LogP contribution in [-0.4, -0.2) is 0 Å². The summed E-state index contributed by atoms with van der Waals surface area (Å²) < 4.78 is 0. The Labute approximate surface area is 76.7 Å². The molecule has 0 aliphatic rings. The van der Waals surface area contributed by atoms with E-state index in [1.807, 2.05) is 12.2 Å². The van der Waals surface area contributed by atoms with Gasteiger partial charge in [0.25, 0.3) is 0 Å². The van der Waals surface area contributed by atoms with Gasteiger partial charge in [-0.1, -0.05) is 31.2 Å². The van der Waals surface area contributed by atoms with Gasteiger partial charge in [0.05, 0.1) is 0 Å². The minimum absolute atomic E-state index is 0.774. The first-order valence-corrected chi connectivity index (χ1v) is 4.68. The lowest BCUT2D eigenvalue weighted by atomic mass is 10.0. The van der Waals surface area contributed by atoms with Gasteiger partial charge in [-0.05, 0) is 31.6 Å². The van der Waals surface area contributed by atoms with Gasteiger partial charge in [0, 0.05) is 0 Å². The Bertz CT molecular complexity index is 142. The Balaban J connectivity index is 3.28. The van der Waals surface area contributed by atoms with Crippen LogP contribution in [0.1, 0.15) is 32.6 Å². The highest BCUT2D eigenvalue weighted by molar-refractivity contribution is 4.88. The fourth-order valence-electron chi connectivity index (χ4n) is 1.09. The zero-order valence-electron chi connectivity index (χ0n) is 8.13. The monoisotopic (exact) mass is 164 g/mol. The van der Waals surface area contributed by atoms with Crippen molar-refractivity contribution >= 4 is 0 Å². The summed E-state index contributed by atoms with van der Waals surface area (Å²) in [5.74, 6) is 0.774. The maximum atomic E-state index is 3.73. The third-order valence-electron chi connectivity index (χ3n) is 1.86. The normalized spacial score (nSPS) is 13.1. The molecule has 68 valence electrons. The number of allylic oxidation sites excluding steroid dienone is 4. The largest absolute Gasteiger partial charge is 0.103 e. The fraction of sp³-hybridized carbons (Fsp3) is 0.500. The van der Waals surface area contributed by atoms with Crippen LogP contribution in [0.25, 0.3) is 0 Å². The minimum atomic E-state index is 0.774. The summed E-state index contributed by atoms with van der Waals surface area (Å²) in [4.78, 5) is 0. The molecule has 0 aromatic carbocycles. The van der Waals surface area contributed by atoms with Crippen molar-refractivity contribution < 1.29 is 0 Å². The van der Waals surface area contributed by atoms with Crippen molar-refractivity contribution in [2.45, 2.75) is 32.6 Å². The molecule has 0 saturated carbocycles. The van der Waals surface area contributed by atoms with Crippen LogP contribution in [0.15, 0.2) is 37.5 Å². The average molecular weight is 164 g/mol. The molecule has 1 atom stereocenters. The zero-order chi connectivity index (χ0) is 9.23. The lowest BCUT2D eigenvalue weighted by molar-refractivity contribution is 0.547. The van der Waals surface area contributed by atoms with E-state index in [9.17, 15) is 0 Å². The van der Waals surface area contributed by atoms with Crippen molar-refractivity contribution in [2.75, 3.05) is 0 Å². The van der Waals surface area contributed by atoms with Crippen LogP contribution in [0.2, 0.25) is 0 Å². The van der Waals surface area contributed by atoms with E-state index >= 15 is 0 Å². The van der Waals surface area contributed by atoms with Gasteiger partial charge in [0.15, 0.2) is 0 Å². The van der Waals surface area contributed by atoms with Crippen LogP contribution in [0, 0.1) is 5.92 Å². The summed E-state index contributed by atoms with van der Waals surface area (Å²) >= 11 is 0. The standard InChI is InChI=1S/C12H20/c1-4-6-7-8-9-11-12(3)10-5-2/h4-5,7-8,12H,1-2,6,9-11H2,3H3. The smallest absolute Gasteiger partial charge is 0.0172 e. The van der Waals surface area contributed by atoms with E-state index in [4.69, 9.17) is 0 Å². The van der Waals surface area contributed by atoms with Crippen molar-refractivity contribution in [3.05, 3.63) is 37.5 Å². The topological polar surface area (TPSA) is 0 Å². The molecular weight excluding hydrogens is 144 g/mol. The van der Waals surface area contributed by atoms with Crippen LogP contribution >= 0.6 is 0 Å². The number of rotatable bonds is 7. The van der Waals surface area contributed by atoms with E-state index < -0.39 is 0 Å². The third kappa shape index (κ3) is 7.33. The van der Waals surface area contributed by atoms with Gasteiger partial charge in [0.2, 0.25) is 0 Å². The first-order valence-electron chi connectivity index (χ1n) is 4.68. The molecule has 12 heavy (non-hydrogen) atoms. The van der Waals surface area contributed by atoms with Crippen molar-refractivity contribution in [1.82, 2.24) is 0 Å². The van der Waals surface area contributed by atoms with E-state index in [2.05, 4.69) is 32.2 Å². The van der Waals surface area contributed by atoms with Crippen LogP contribution < -0.4 is 0 Å². The van der Waals surface area contributed by atoms with Crippen molar-refractivity contribution in [1.29, 1.82) is 0 Å². The third-order valence-corrected chi connectivity index (χ3v) is 1.86. The molecule has 0 radical (unpaired) electrons. The van der Waals surface area contributed by atoms with Crippen LogP contribution in [0.4, 0.5) is 0 Å². The first-order chi connectivity index (χ1) is 5.81. The first kappa shape index (κ1) is 11.2. The molecule has 0 bridgehead atoms. The van der Waals surface area contributed by atoms with Crippen LogP contribution in [-0.2, 0) is 0 Å². The predicted octanol–water partition coefficient (Wildman–Crippen LogP) is 4.11. The molecule has 0 spiro atoms. The Morgan fingerprint density at radius 1 is 1.17 bits per heavy atom. The van der Waals surface area contributed by atoms with E-state index in [0.29, 0.717) is 0 Å². The van der Waals surface area contributed by atoms with E-state index in [1.54, 1.807) is 0 Å². The highest BCUT2D eigenvalue weighted by Gasteiger charge is 1.95. The molecule has 0 rings (SSSR count). The zero-order valence-corrected chi connectivity index (χ0v) is 8.13. The Morgan fingerprint density at radius 3 is 2.50 bits per heavy atom. The van der Waals surface area contributed by atoms with Gasteiger partial charge in [-0.25, -0.2) is 0 Å². The molecule has 0 saturated heterocycles. The molecule has 0 amide bonds. The van der Waals surface area contributed by atoms with Crippen molar-refractivity contribution in [3.8, 4) is 0 Å². The highest BCUT2D eigenvalue weighted by atomic mass is 14.0. The minimum Gasteiger partial charge on any atom is -0.103 e. The van der Waals surface area contributed by atoms with E-state index in [1.165, 1.54) is 12.8 Å². The molecule has 0 heteroatoms. The fourth-order valence-corrected chi connectivity index (χ4v) is 1.09. The molecule has 0 aliphatic carbocycles. The van der Waals surface area contributed by atoms with Gasteiger partial charge in [-0.3, -0.25) is 0 Å². The molecule has 0 nitrogen and oxygen atoms in total. The van der Waals surface area contributed by atoms with Crippen molar-refractivity contribution in [2.24, 2.45) is 5.92 Å². The molecule has 0 N–H and O–H groups in total. The summed E-state index contributed by atoms with van der Waals surface area (Å²) in [5, 5.41) is 0. The number of hydrogen-bond acceptors (Lipinski definition) is 0. The molecular formula is C12H20. The maximum Gasteiger partial charge on any atom is -0.0172 e. The van der Waals surface area contributed by atoms with Gasteiger partial charge in [-0.2, -0.15) is 0 Å². The van der Waals surface area contributed by atoms with E-state index in [0.717, 1.165) is 18.8 Å². The molecule has 0 aromatic rings. The quantitative estimate of drug-likeness (QED) is 0.497. The lowest BCUT2D eigenvalue weighted by Gasteiger charge is -2.04. The Kier molecular flexibility index (Phi) is 7.78. The lowest BCUT2D eigenvalue weighted by Crippen LogP contribution is -1.90. The molecule has 0 fully saturated rings. The van der Waals surface area contributed by atoms with Gasteiger partial charge in [0.1, 0.15) is 0 Å². The number of hydrogen-bond donors (Lipinski definition) is 0. The average Bonchev–Trinajstić information content (AvgIpc) is 2.05. The second kappa shape index (κ2) is 8.32. The van der Waals surface area contributed by atoms with Crippen LogP contribution in [0.3, 0.4) is 0 Å². The summed E-state index contributed by atoms with van der Waals surface area (Å²) in [5.41, 5.74) is 0. The Morgan fingerprint density at radius 2 is 1.92 bits per heavy atom. The predicted molar refractivity (Wildman–Crippen MR) is 57.2 cm³/mol. The summed E-state index contributed by atoms with van der Waals surface area (Å²) in [6.07, 6.45) is 12.9. The highest BCUT2D eigenvalue weighted by Crippen LogP contribution is 2.10. The van der Waals surface area contributed by atoms with Gasteiger partial charge in [-0.15, -0.1) is 13.2 Å². The summed E-state index contributed by atoms with van der Waals surface area (Å²) in [7, 11) is 0. The van der Waals surface area contributed by atoms with E-state index in [-0.39, 0.29) is 0 Å². The Hall–Kier alpha value is -0.780. The SMILES string of the molecule is C=CCC=CCCC(C)CC=C. The van der Waals surface area contributed by atoms with Crippen LogP contribution in [0.5, 0.6) is 0 Å². The van der Waals surface area contributed by atoms with Gasteiger partial charge < -0.3 is 0 Å². The summed E-state index contributed by atoms with van der Waals surface area (Å²) in [6.45, 7) is 9.65.